The highest BCUT2D eigenvalue weighted by Crippen LogP contribution is 2.37. The van der Waals surface area contributed by atoms with Gasteiger partial charge in [0.2, 0.25) is 0 Å². The molecule has 0 aliphatic carbocycles. The van der Waals surface area contributed by atoms with Crippen molar-refractivity contribution in [1.82, 2.24) is 0 Å². The number of ether oxygens (including phenoxy) is 3. The number of rotatable bonds is 4. The van der Waals surface area contributed by atoms with Crippen molar-refractivity contribution < 1.29 is 27.4 Å². The van der Waals surface area contributed by atoms with E-state index in [1.165, 1.54) is 6.07 Å². The van der Waals surface area contributed by atoms with Gasteiger partial charge >= 0.3 is 5.97 Å². The predicted molar refractivity (Wildman–Crippen MR) is 75.6 cm³/mol. The third kappa shape index (κ3) is 3.59. The second-order valence-corrected chi connectivity index (χ2v) is 7.12. The number of fused-ring (bicyclic) bond motifs is 1. The molecule has 0 N–H and O–H groups in total. The van der Waals surface area contributed by atoms with Gasteiger partial charge in [-0.15, -0.1) is 0 Å². The molecular formula is C13H15ClO6S. The average molecular weight is 335 g/mol. The van der Waals surface area contributed by atoms with Crippen LogP contribution < -0.4 is 9.47 Å². The van der Waals surface area contributed by atoms with E-state index in [1.807, 2.05) is 6.92 Å². The molecule has 1 aromatic rings. The number of carbonyl (C=O) groups is 1. The van der Waals surface area contributed by atoms with Crippen molar-refractivity contribution in [3.63, 3.8) is 0 Å². The van der Waals surface area contributed by atoms with Crippen molar-refractivity contribution in [1.29, 1.82) is 0 Å². The summed E-state index contributed by atoms with van der Waals surface area (Å²) in [6, 6.07) is 2.37. The first-order chi connectivity index (χ1) is 9.82. The molecule has 0 saturated carbocycles. The molecule has 0 aromatic heterocycles. The summed E-state index contributed by atoms with van der Waals surface area (Å²) in [6.45, 7) is 4.14. The lowest BCUT2D eigenvalue weighted by molar-refractivity contribution is 0.0325. The summed E-state index contributed by atoms with van der Waals surface area (Å²) in [4.78, 5) is 11.9. The summed E-state index contributed by atoms with van der Waals surface area (Å²) in [5.41, 5.74) is -0.00766. The average Bonchev–Trinajstić information content (AvgIpc) is 2.44. The molecule has 1 aliphatic heterocycles. The van der Waals surface area contributed by atoms with Gasteiger partial charge in [0.25, 0.3) is 9.05 Å². The van der Waals surface area contributed by atoms with Crippen molar-refractivity contribution >= 4 is 25.7 Å². The lowest BCUT2D eigenvalue weighted by Crippen LogP contribution is -2.21. The summed E-state index contributed by atoms with van der Waals surface area (Å²) in [6.07, 6.45) is 0.340. The Hall–Kier alpha value is -1.47. The summed E-state index contributed by atoms with van der Waals surface area (Å²) >= 11 is 0. The molecule has 8 heteroatoms. The highest BCUT2D eigenvalue weighted by Gasteiger charge is 2.27. The van der Waals surface area contributed by atoms with Crippen LogP contribution >= 0.6 is 10.7 Å². The van der Waals surface area contributed by atoms with Gasteiger partial charge in [-0.05, 0) is 19.4 Å². The van der Waals surface area contributed by atoms with E-state index in [0.717, 1.165) is 6.07 Å². The topological polar surface area (TPSA) is 78.9 Å². The zero-order chi connectivity index (χ0) is 15.6. The second-order valence-electron chi connectivity index (χ2n) is 4.56. The fourth-order valence-corrected chi connectivity index (χ4v) is 2.52. The predicted octanol–water partition coefficient (Wildman–Crippen LogP) is 2.34. The van der Waals surface area contributed by atoms with Gasteiger partial charge in [-0.1, -0.05) is 6.92 Å². The third-order valence-corrected chi connectivity index (χ3v) is 4.33. The molecule has 0 spiro atoms. The molecule has 116 valence electrons. The van der Waals surface area contributed by atoms with Gasteiger partial charge in [0.15, 0.2) is 11.5 Å². The first-order valence-electron chi connectivity index (χ1n) is 6.42. The van der Waals surface area contributed by atoms with Crippen LogP contribution in [0.15, 0.2) is 17.0 Å². The highest BCUT2D eigenvalue weighted by molar-refractivity contribution is 8.13. The number of hydrogen-bond donors (Lipinski definition) is 0. The minimum atomic E-state index is -4.00. The zero-order valence-electron chi connectivity index (χ0n) is 11.6. The Kier molecular flexibility index (Phi) is 4.63. The van der Waals surface area contributed by atoms with Crippen molar-refractivity contribution in [2.24, 2.45) is 0 Å². The molecule has 1 aliphatic rings. The van der Waals surface area contributed by atoms with Crippen LogP contribution in [0.4, 0.5) is 0 Å². The van der Waals surface area contributed by atoms with Gasteiger partial charge in [-0.3, -0.25) is 0 Å². The second kappa shape index (κ2) is 6.11. The SMILES string of the molecule is CCC(C)OC(=O)c1cc(S(=O)(=O)Cl)cc2c1OCCO2. The maximum atomic E-state index is 12.2. The van der Waals surface area contributed by atoms with E-state index in [1.54, 1.807) is 6.92 Å². The van der Waals surface area contributed by atoms with Gasteiger partial charge in [0.1, 0.15) is 18.8 Å². The number of halogens is 1. The van der Waals surface area contributed by atoms with E-state index in [2.05, 4.69) is 0 Å². The number of hydrogen-bond acceptors (Lipinski definition) is 6. The van der Waals surface area contributed by atoms with Gasteiger partial charge in [-0.2, -0.15) is 0 Å². The lowest BCUT2D eigenvalue weighted by atomic mass is 10.1. The molecule has 0 bridgehead atoms. The quantitative estimate of drug-likeness (QED) is 0.621. The molecular weight excluding hydrogens is 320 g/mol. The first-order valence-corrected chi connectivity index (χ1v) is 8.73. The fraction of sp³-hybridized carbons (Fsp3) is 0.462. The summed E-state index contributed by atoms with van der Waals surface area (Å²) in [5.74, 6) is -0.328. The van der Waals surface area contributed by atoms with E-state index in [4.69, 9.17) is 24.9 Å². The van der Waals surface area contributed by atoms with E-state index >= 15 is 0 Å². The van der Waals surface area contributed by atoms with Crippen molar-refractivity contribution in [3.8, 4) is 11.5 Å². The largest absolute Gasteiger partial charge is 0.486 e. The maximum Gasteiger partial charge on any atom is 0.342 e. The number of benzene rings is 1. The Bertz CT molecular complexity index is 655. The maximum absolute atomic E-state index is 12.2. The summed E-state index contributed by atoms with van der Waals surface area (Å²) in [7, 11) is 1.34. The minimum absolute atomic E-state index is 0.00766. The van der Waals surface area contributed by atoms with E-state index in [-0.39, 0.29) is 41.3 Å². The Labute approximate surface area is 127 Å². The molecule has 0 saturated heterocycles. The van der Waals surface area contributed by atoms with Crippen LogP contribution in [0.5, 0.6) is 11.5 Å². The van der Waals surface area contributed by atoms with E-state index in [9.17, 15) is 13.2 Å². The van der Waals surface area contributed by atoms with Crippen molar-refractivity contribution in [2.75, 3.05) is 13.2 Å². The molecule has 1 unspecified atom stereocenters. The van der Waals surface area contributed by atoms with E-state index in [0.29, 0.717) is 6.42 Å². The first kappa shape index (κ1) is 15.9. The van der Waals surface area contributed by atoms with Gasteiger partial charge in [-0.25, -0.2) is 13.2 Å². The molecule has 0 fully saturated rings. The van der Waals surface area contributed by atoms with Crippen molar-refractivity contribution in [3.05, 3.63) is 17.7 Å². The number of carbonyl (C=O) groups excluding carboxylic acids is 1. The van der Waals surface area contributed by atoms with Gasteiger partial charge < -0.3 is 14.2 Å². The van der Waals surface area contributed by atoms with Crippen LogP contribution in [-0.2, 0) is 13.8 Å². The molecule has 0 radical (unpaired) electrons. The van der Waals surface area contributed by atoms with Crippen LogP contribution in [0, 0.1) is 0 Å². The Morgan fingerprint density at radius 3 is 2.67 bits per heavy atom. The van der Waals surface area contributed by atoms with Crippen molar-refractivity contribution in [2.45, 2.75) is 31.3 Å². The summed E-state index contributed by atoms with van der Waals surface area (Å²) < 4.78 is 38.9. The minimum Gasteiger partial charge on any atom is -0.486 e. The van der Waals surface area contributed by atoms with Gasteiger partial charge in [0.05, 0.1) is 11.0 Å². The van der Waals surface area contributed by atoms with Crippen LogP contribution in [0.25, 0.3) is 0 Å². The smallest absolute Gasteiger partial charge is 0.342 e. The number of esters is 1. The normalized spacial score (nSPS) is 15.4. The highest BCUT2D eigenvalue weighted by atomic mass is 35.7. The van der Waals surface area contributed by atoms with Crippen LogP contribution in [0.2, 0.25) is 0 Å². The van der Waals surface area contributed by atoms with Crippen LogP contribution in [-0.4, -0.2) is 33.7 Å². The standard InChI is InChI=1S/C13H15ClO6S/c1-3-8(2)20-13(15)10-6-9(21(14,16)17)7-11-12(10)19-5-4-18-11/h6-8H,3-5H2,1-2H3. The Morgan fingerprint density at radius 2 is 2.05 bits per heavy atom. The molecule has 0 amide bonds. The summed E-state index contributed by atoms with van der Waals surface area (Å²) in [5, 5.41) is 0. The Balaban J connectivity index is 2.50. The third-order valence-electron chi connectivity index (χ3n) is 3.00. The molecule has 21 heavy (non-hydrogen) atoms. The van der Waals surface area contributed by atoms with Crippen LogP contribution in [0.3, 0.4) is 0 Å². The molecule has 1 aromatic carbocycles. The Morgan fingerprint density at radius 1 is 1.38 bits per heavy atom. The molecule has 1 heterocycles. The van der Waals surface area contributed by atoms with Gasteiger partial charge in [0, 0.05) is 16.7 Å². The lowest BCUT2D eigenvalue weighted by Gasteiger charge is -2.21. The molecule has 2 rings (SSSR count). The monoisotopic (exact) mass is 334 g/mol. The zero-order valence-corrected chi connectivity index (χ0v) is 13.2. The van der Waals surface area contributed by atoms with E-state index < -0.39 is 15.0 Å². The fourth-order valence-electron chi connectivity index (χ4n) is 1.75. The van der Waals surface area contributed by atoms with Crippen LogP contribution in [0.1, 0.15) is 30.6 Å². The molecule has 6 nitrogen and oxygen atoms in total. The molecule has 1 atom stereocenters.